The third-order valence-electron chi connectivity index (χ3n) is 4.45. The van der Waals surface area contributed by atoms with E-state index in [0.29, 0.717) is 18.0 Å². The average Bonchev–Trinajstić information content (AvgIpc) is 2.49. The van der Waals surface area contributed by atoms with Crippen molar-refractivity contribution in [3.05, 3.63) is 35.6 Å². The quantitative estimate of drug-likeness (QED) is 0.853. The highest BCUT2D eigenvalue weighted by Crippen LogP contribution is 2.25. The summed E-state index contributed by atoms with van der Waals surface area (Å²) in [5, 5.41) is 10.2. The van der Waals surface area contributed by atoms with E-state index in [0.717, 1.165) is 13.1 Å². The molecule has 1 N–H and O–H groups in total. The van der Waals surface area contributed by atoms with Crippen LogP contribution in [0, 0.1) is 5.82 Å². The van der Waals surface area contributed by atoms with E-state index in [1.807, 2.05) is 0 Å². The summed E-state index contributed by atoms with van der Waals surface area (Å²) >= 11 is 0. The summed E-state index contributed by atoms with van der Waals surface area (Å²) in [6.45, 7) is 4.02. The van der Waals surface area contributed by atoms with Gasteiger partial charge in [0.2, 0.25) is 0 Å². The van der Waals surface area contributed by atoms with Crippen LogP contribution >= 0.6 is 0 Å². The Morgan fingerprint density at radius 1 is 1.25 bits per heavy atom. The molecule has 0 bridgehead atoms. The number of benzene rings is 1. The van der Waals surface area contributed by atoms with Crippen LogP contribution < -0.4 is 0 Å². The summed E-state index contributed by atoms with van der Waals surface area (Å²) in [4.78, 5) is 2.45. The smallest absolute Gasteiger partial charge is 0.128 e. The second kappa shape index (κ2) is 7.75. The molecule has 0 amide bonds. The van der Waals surface area contributed by atoms with Crippen molar-refractivity contribution in [1.82, 2.24) is 4.90 Å². The van der Waals surface area contributed by atoms with Gasteiger partial charge in [-0.3, -0.25) is 0 Å². The molecule has 1 aromatic rings. The van der Waals surface area contributed by atoms with Gasteiger partial charge >= 0.3 is 0 Å². The molecule has 2 nitrogen and oxygen atoms in total. The molecular formula is C17H26FNO. The van der Waals surface area contributed by atoms with Crippen molar-refractivity contribution in [2.45, 2.75) is 57.6 Å². The Balaban J connectivity index is 1.87. The molecule has 0 radical (unpaired) electrons. The van der Waals surface area contributed by atoms with Crippen molar-refractivity contribution >= 4 is 0 Å². The number of aliphatic hydroxyl groups is 1. The third-order valence-corrected chi connectivity index (χ3v) is 4.45. The summed E-state index contributed by atoms with van der Waals surface area (Å²) in [6.07, 6.45) is 6.42. The van der Waals surface area contributed by atoms with E-state index in [1.165, 1.54) is 38.2 Å². The van der Waals surface area contributed by atoms with Crippen LogP contribution in [-0.4, -0.2) is 29.1 Å². The molecule has 2 rings (SSSR count). The number of aliphatic hydroxyl groups excluding tert-OH is 1. The number of rotatable bonds is 6. The first kappa shape index (κ1) is 15.5. The van der Waals surface area contributed by atoms with Crippen LogP contribution in [0.3, 0.4) is 0 Å². The number of halogens is 1. The van der Waals surface area contributed by atoms with Crippen LogP contribution in [0.1, 0.15) is 57.1 Å². The second-order valence-electron chi connectivity index (χ2n) is 5.75. The molecule has 1 atom stereocenters. The molecular weight excluding hydrogens is 253 g/mol. The summed E-state index contributed by atoms with van der Waals surface area (Å²) < 4.78 is 13.6. The zero-order valence-electron chi connectivity index (χ0n) is 12.4. The van der Waals surface area contributed by atoms with Crippen LogP contribution in [0.2, 0.25) is 0 Å². The van der Waals surface area contributed by atoms with E-state index in [1.54, 1.807) is 18.2 Å². The lowest BCUT2D eigenvalue weighted by atomic mass is 9.94. The van der Waals surface area contributed by atoms with Gasteiger partial charge in [0.25, 0.3) is 0 Å². The van der Waals surface area contributed by atoms with E-state index in [4.69, 9.17) is 0 Å². The minimum Gasteiger partial charge on any atom is -0.388 e. The maximum absolute atomic E-state index is 13.6. The second-order valence-corrected chi connectivity index (χ2v) is 5.75. The molecule has 1 saturated carbocycles. The SMILES string of the molecule is CCN(CCC(O)c1ccccc1F)C1CCCCC1. The van der Waals surface area contributed by atoms with Crippen molar-refractivity contribution in [1.29, 1.82) is 0 Å². The Hall–Kier alpha value is -0.930. The van der Waals surface area contributed by atoms with Gasteiger partial charge in [-0.25, -0.2) is 4.39 Å². The van der Waals surface area contributed by atoms with Crippen molar-refractivity contribution in [3.8, 4) is 0 Å². The van der Waals surface area contributed by atoms with Crippen molar-refractivity contribution in [2.24, 2.45) is 0 Å². The van der Waals surface area contributed by atoms with Gasteiger partial charge in [0.05, 0.1) is 6.10 Å². The van der Waals surface area contributed by atoms with Crippen LogP contribution in [0.15, 0.2) is 24.3 Å². The van der Waals surface area contributed by atoms with Gasteiger partial charge in [0.15, 0.2) is 0 Å². The highest BCUT2D eigenvalue weighted by atomic mass is 19.1. The molecule has 1 fully saturated rings. The van der Waals surface area contributed by atoms with Gasteiger partial charge < -0.3 is 10.0 Å². The van der Waals surface area contributed by atoms with Crippen LogP contribution in [0.25, 0.3) is 0 Å². The van der Waals surface area contributed by atoms with Crippen molar-refractivity contribution < 1.29 is 9.50 Å². The first-order valence-corrected chi connectivity index (χ1v) is 7.89. The van der Waals surface area contributed by atoms with Crippen LogP contribution in [0.4, 0.5) is 4.39 Å². The lowest BCUT2D eigenvalue weighted by Crippen LogP contribution is -2.37. The van der Waals surface area contributed by atoms with Gasteiger partial charge in [-0.2, -0.15) is 0 Å². The number of nitrogens with zero attached hydrogens (tertiary/aromatic N) is 1. The lowest BCUT2D eigenvalue weighted by molar-refractivity contribution is 0.110. The fourth-order valence-electron chi connectivity index (χ4n) is 3.23. The minimum absolute atomic E-state index is 0.305. The fourth-order valence-corrected chi connectivity index (χ4v) is 3.23. The fraction of sp³-hybridized carbons (Fsp3) is 0.647. The summed E-state index contributed by atoms with van der Waals surface area (Å²) in [7, 11) is 0. The van der Waals surface area contributed by atoms with Gasteiger partial charge in [-0.05, 0) is 31.9 Å². The monoisotopic (exact) mass is 279 g/mol. The largest absolute Gasteiger partial charge is 0.388 e. The molecule has 0 aromatic heterocycles. The summed E-state index contributed by atoms with van der Waals surface area (Å²) in [6, 6.07) is 7.18. The van der Waals surface area contributed by atoms with Gasteiger partial charge in [-0.15, -0.1) is 0 Å². The normalized spacial score (nSPS) is 18.4. The topological polar surface area (TPSA) is 23.5 Å². The van der Waals surface area contributed by atoms with E-state index in [9.17, 15) is 9.50 Å². The van der Waals surface area contributed by atoms with Gasteiger partial charge in [-0.1, -0.05) is 44.4 Å². The Morgan fingerprint density at radius 3 is 2.60 bits per heavy atom. The highest BCUT2D eigenvalue weighted by Gasteiger charge is 2.21. The first-order valence-electron chi connectivity index (χ1n) is 7.89. The van der Waals surface area contributed by atoms with Gasteiger partial charge in [0.1, 0.15) is 5.82 Å². The predicted octanol–water partition coefficient (Wildman–Crippen LogP) is 3.90. The first-order chi connectivity index (χ1) is 9.72. The maximum atomic E-state index is 13.6. The third kappa shape index (κ3) is 4.03. The number of hydrogen-bond donors (Lipinski definition) is 1. The summed E-state index contributed by atoms with van der Waals surface area (Å²) in [5.74, 6) is -0.305. The Labute approximate surface area is 121 Å². The van der Waals surface area contributed by atoms with E-state index in [2.05, 4.69) is 11.8 Å². The zero-order chi connectivity index (χ0) is 14.4. The molecule has 1 aliphatic carbocycles. The molecule has 1 aromatic carbocycles. The molecule has 0 aliphatic heterocycles. The van der Waals surface area contributed by atoms with Crippen molar-refractivity contribution in [2.75, 3.05) is 13.1 Å². The Morgan fingerprint density at radius 2 is 1.95 bits per heavy atom. The summed E-state index contributed by atoms with van der Waals surface area (Å²) in [5.41, 5.74) is 0.423. The molecule has 0 spiro atoms. The zero-order valence-corrected chi connectivity index (χ0v) is 12.4. The standard InChI is InChI=1S/C17H26FNO/c1-2-19(14-8-4-3-5-9-14)13-12-17(20)15-10-6-7-11-16(15)18/h6-7,10-11,14,17,20H,2-5,8-9,12-13H2,1H3. The van der Waals surface area contributed by atoms with E-state index < -0.39 is 6.10 Å². The van der Waals surface area contributed by atoms with E-state index in [-0.39, 0.29) is 5.82 Å². The highest BCUT2D eigenvalue weighted by molar-refractivity contribution is 5.19. The molecule has 1 aliphatic rings. The molecule has 20 heavy (non-hydrogen) atoms. The minimum atomic E-state index is -0.700. The molecule has 112 valence electrons. The maximum Gasteiger partial charge on any atom is 0.128 e. The average molecular weight is 279 g/mol. The van der Waals surface area contributed by atoms with Crippen molar-refractivity contribution in [3.63, 3.8) is 0 Å². The molecule has 0 saturated heterocycles. The number of hydrogen-bond acceptors (Lipinski definition) is 2. The lowest BCUT2D eigenvalue weighted by Gasteiger charge is -2.34. The molecule has 0 heterocycles. The van der Waals surface area contributed by atoms with Gasteiger partial charge in [0, 0.05) is 18.2 Å². The molecule has 3 heteroatoms. The Bertz CT molecular complexity index is 404. The van der Waals surface area contributed by atoms with E-state index >= 15 is 0 Å². The van der Waals surface area contributed by atoms with Crippen LogP contribution in [0.5, 0.6) is 0 Å². The molecule has 1 unspecified atom stereocenters. The predicted molar refractivity (Wildman–Crippen MR) is 80.1 cm³/mol. The van der Waals surface area contributed by atoms with Crippen LogP contribution in [-0.2, 0) is 0 Å². The Kier molecular flexibility index (Phi) is 5.99.